The van der Waals surface area contributed by atoms with Crippen LogP contribution in [0.15, 0.2) is 100 Å². The minimum absolute atomic E-state index is 0.0105. The summed E-state index contributed by atoms with van der Waals surface area (Å²) in [4.78, 5) is 42.2. The molecule has 6 aromatic rings. The molecule has 0 spiro atoms. The second-order valence-electron chi connectivity index (χ2n) is 10.5. The van der Waals surface area contributed by atoms with Crippen molar-refractivity contribution in [1.82, 2.24) is 4.98 Å². The molecule has 8 heteroatoms. The van der Waals surface area contributed by atoms with Crippen molar-refractivity contribution in [2.75, 3.05) is 0 Å². The predicted molar refractivity (Wildman–Crippen MR) is 165 cm³/mol. The molecule has 0 saturated carbocycles. The van der Waals surface area contributed by atoms with Gasteiger partial charge in [0.2, 0.25) is 0 Å². The summed E-state index contributed by atoms with van der Waals surface area (Å²) in [5.74, 6) is -0.506. The zero-order chi connectivity index (χ0) is 29.5. The zero-order valence-corrected chi connectivity index (χ0v) is 22.9. The monoisotopic (exact) mass is 568 g/mol. The quantitative estimate of drug-likeness (QED) is 0.0690. The zero-order valence-electron chi connectivity index (χ0n) is 22.9. The number of ether oxygens (including phenoxy) is 1. The molecule has 43 heavy (non-hydrogen) atoms. The van der Waals surface area contributed by atoms with Crippen molar-refractivity contribution < 1.29 is 18.9 Å². The average Bonchev–Trinajstić information content (AvgIpc) is 3.02. The highest BCUT2D eigenvalue weighted by molar-refractivity contribution is 6.08. The molecular weight excluding hydrogens is 544 g/mol. The van der Waals surface area contributed by atoms with E-state index < -0.39 is 16.5 Å². The molecule has 210 valence electrons. The van der Waals surface area contributed by atoms with E-state index in [9.17, 15) is 19.7 Å². The molecule has 1 aliphatic rings. The normalized spacial score (nSPS) is 13.8. The number of benzene rings is 4. The fraction of sp³-hybridized carbons (Fsp3) is 0.114. The van der Waals surface area contributed by atoms with E-state index in [1.165, 1.54) is 18.2 Å². The van der Waals surface area contributed by atoms with Crippen LogP contribution in [0.25, 0.3) is 44.3 Å². The van der Waals surface area contributed by atoms with Crippen molar-refractivity contribution in [3.05, 3.63) is 139 Å². The Balaban J connectivity index is 1.31. The number of allylic oxidation sites excluding steroid dienone is 1. The maximum atomic E-state index is 13.9. The van der Waals surface area contributed by atoms with Gasteiger partial charge in [-0.1, -0.05) is 60.7 Å². The molecule has 0 amide bonds. The number of fused-ring (bicyclic) bond motifs is 5. The molecule has 0 N–H and O–H groups in total. The molecule has 4 aromatic carbocycles. The van der Waals surface area contributed by atoms with E-state index in [2.05, 4.69) is 0 Å². The molecule has 0 fully saturated rings. The van der Waals surface area contributed by atoms with Crippen LogP contribution < -0.4 is 5.63 Å². The summed E-state index contributed by atoms with van der Waals surface area (Å²) in [7, 11) is 0. The summed E-state index contributed by atoms with van der Waals surface area (Å²) in [6.07, 6.45) is 4.04. The van der Waals surface area contributed by atoms with Crippen LogP contribution in [-0.4, -0.2) is 15.9 Å². The van der Waals surface area contributed by atoms with Gasteiger partial charge in [-0.3, -0.25) is 10.1 Å². The van der Waals surface area contributed by atoms with Crippen molar-refractivity contribution in [2.24, 2.45) is 0 Å². The highest BCUT2D eigenvalue weighted by Gasteiger charge is 2.26. The fourth-order valence-corrected chi connectivity index (χ4v) is 5.99. The van der Waals surface area contributed by atoms with Gasteiger partial charge in [0.1, 0.15) is 12.2 Å². The molecule has 2 aromatic heterocycles. The van der Waals surface area contributed by atoms with Crippen molar-refractivity contribution >= 4 is 56.0 Å². The van der Waals surface area contributed by atoms with Crippen molar-refractivity contribution in [3.8, 4) is 0 Å². The van der Waals surface area contributed by atoms with Crippen LogP contribution in [0.3, 0.4) is 0 Å². The Morgan fingerprint density at radius 2 is 1.77 bits per heavy atom. The molecule has 0 aliphatic heterocycles. The number of aromatic nitrogens is 1. The molecule has 0 atom stereocenters. The first-order valence-electron chi connectivity index (χ1n) is 13.9. The van der Waals surface area contributed by atoms with E-state index in [0.29, 0.717) is 51.7 Å². The fourth-order valence-electron chi connectivity index (χ4n) is 5.99. The summed E-state index contributed by atoms with van der Waals surface area (Å²) in [5, 5.41) is 14.6. The topological polar surface area (TPSA) is 113 Å². The van der Waals surface area contributed by atoms with Gasteiger partial charge in [0, 0.05) is 34.5 Å². The van der Waals surface area contributed by atoms with Crippen molar-refractivity contribution in [2.45, 2.75) is 25.9 Å². The van der Waals surface area contributed by atoms with Gasteiger partial charge in [0.15, 0.2) is 0 Å². The molecule has 0 radical (unpaired) electrons. The lowest BCUT2D eigenvalue weighted by Crippen LogP contribution is -2.16. The first kappa shape index (κ1) is 26.3. The summed E-state index contributed by atoms with van der Waals surface area (Å²) in [6, 6.07) is 26.7. The highest BCUT2D eigenvalue weighted by atomic mass is 16.6. The van der Waals surface area contributed by atoms with Gasteiger partial charge < -0.3 is 9.15 Å². The van der Waals surface area contributed by atoms with Gasteiger partial charge in [-0.05, 0) is 64.9 Å². The number of carbonyl (C=O) groups excluding carboxylic acids is 1. The van der Waals surface area contributed by atoms with E-state index in [1.54, 1.807) is 12.1 Å². The lowest BCUT2D eigenvalue weighted by molar-refractivity contribution is -0.384. The molecule has 1 aliphatic carbocycles. The molecule has 8 nitrogen and oxygen atoms in total. The van der Waals surface area contributed by atoms with Gasteiger partial charge in [0.05, 0.1) is 21.7 Å². The molecule has 0 bridgehead atoms. The number of nitro benzene ring substituents is 1. The molecular formula is C35H24N2O6. The Kier molecular flexibility index (Phi) is 6.51. The number of rotatable bonds is 5. The Labute approximate surface area is 245 Å². The largest absolute Gasteiger partial charge is 0.457 e. The number of hydrogen-bond acceptors (Lipinski definition) is 7. The van der Waals surface area contributed by atoms with Gasteiger partial charge in [-0.2, -0.15) is 0 Å². The number of nitro groups is 1. The number of non-ortho nitro benzene ring substituents is 1. The standard InChI is InChI=1S/C35H24N2O6/c38-31-19-24(32-26-11-2-1-8-22(26)15-16-30(32)43-31)20-42-35(39)33-27-12-3-4-14-29(27)36-34-23(9-6-13-28(33)34)17-21-7-5-10-25(18-21)37(40)41/h1-5,7-8,10-12,14-19H,6,9,13,20H2. The van der Waals surface area contributed by atoms with E-state index in [-0.39, 0.29) is 12.3 Å². The second kappa shape index (κ2) is 10.6. The Morgan fingerprint density at radius 3 is 2.63 bits per heavy atom. The lowest BCUT2D eigenvalue weighted by Gasteiger charge is -2.22. The van der Waals surface area contributed by atoms with Crippen molar-refractivity contribution in [3.63, 3.8) is 0 Å². The van der Waals surface area contributed by atoms with Crippen LogP contribution in [0.4, 0.5) is 5.69 Å². The summed E-state index contributed by atoms with van der Waals surface area (Å²) < 4.78 is 11.4. The molecule has 2 heterocycles. The van der Waals surface area contributed by atoms with Crippen LogP contribution in [0.5, 0.6) is 0 Å². The first-order valence-corrected chi connectivity index (χ1v) is 13.9. The van der Waals surface area contributed by atoms with Gasteiger partial charge in [-0.25, -0.2) is 14.6 Å². The van der Waals surface area contributed by atoms with Crippen LogP contribution in [-0.2, 0) is 17.8 Å². The molecule has 0 unspecified atom stereocenters. The maximum absolute atomic E-state index is 13.9. The highest BCUT2D eigenvalue weighted by Crippen LogP contribution is 2.37. The van der Waals surface area contributed by atoms with Crippen LogP contribution in [0, 0.1) is 10.1 Å². The SMILES string of the molecule is O=C(OCc1cc(=O)oc2ccc3ccccc3c12)c1c2c(nc3ccccc13)C(=Cc1cccc([N+](=O)[O-])c1)CCC2. The van der Waals surface area contributed by atoms with Crippen molar-refractivity contribution in [1.29, 1.82) is 0 Å². The summed E-state index contributed by atoms with van der Waals surface area (Å²) in [6.45, 7) is -0.114. The molecule has 7 rings (SSSR count). The number of carbonyl (C=O) groups is 1. The smallest absolute Gasteiger partial charge is 0.339 e. The summed E-state index contributed by atoms with van der Waals surface area (Å²) >= 11 is 0. The number of pyridine rings is 1. The number of esters is 1. The van der Waals surface area contributed by atoms with E-state index in [0.717, 1.165) is 33.7 Å². The Bertz CT molecular complexity index is 2200. The minimum Gasteiger partial charge on any atom is -0.457 e. The number of hydrogen-bond donors (Lipinski definition) is 0. The Morgan fingerprint density at radius 1 is 0.953 bits per heavy atom. The van der Waals surface area contributed by atoms with Crippen LogP contribution >= 0.6 is 0 Å². The summed E-state index contributed by atoms with van der Waals surface area (Å²) in [5.41, 5.74) is 4.66. The third-order valence-electron chi connectivity index (χ3n) is 7.87. The second-order valence-corrected chi connectivity index (χ2v) is 10.5. The van der Waals surface area contributed by atoms with E-state index in [4.69, 9.17) is 14.1 Å². The maximum Gasteiger partial charge on any atom is 0.339 e. The van der Waals surface area contributed by atoms with E-state index in [1.807, 2.05) is 66.7 Å². The third-order valence-corrected chi connectivity index (χ3v) is 7.87. The first-order chi connectivity index (χ1) is 21.0. The Hall–Kier alpha value is -5.63. The van der Waals surface area contributed by atoms with Gasteiger partial charge in [-0.15, -0.1) is 0 Å². The molecule has 0 saturated heterocycles. The third kappa shape index (κ3) is 4.82. The number of para-hydroxylation sites is 1. The van der Waals surface area contributed by atoms with Gasteiger partial charge >= 0.3 is 11.6 Å². The lowest BCUT2D eigenvalue weighted by atomic mass is 9.86. The predicted octanol–water partition coefficient (Wildman–Crippen LogP) is 7.64. The average molecular weight is 569 g/mol. The van der Waals surface area contributed by atoms with Crippen LogP contribution in [0.2, 0.25) is 0 Å². The van der Waals surface area contributed by atoms with Crippen LogP contribution in [0.1, 0.15) is 45.6 Å². The number of nitrogens with zero attached hydrogens (tertiary/aromatic N) is 2. The minimum atomic E-state index is -0.517. The van der Waals surface area contributed by atoms with Gasteiger partial charge in [0.25, 0.3) is 5.69 Å². The van der Waals surface area contributed by atoms with E-state index >= 15 is 0 Å².